The zero-order chi connectivity index (χ0) is 5.70. The van der Waals surface area contributed by atoms with E-state index < -0.39 is 0 Å². The molecule has 0 aliphatic rings. The maximum absolute atomic E-state index is 10.3. The molecule has 0 atom stereocenters. The summed E-state index contributed by atoms with van der Waals surface area (Å²) in [5.41, 5.74) is 0. The summed E-state index contributed by atoms with van der Waals surface area (Å²) in [7, 11) is 6.23. The first-order valence-electron chi connectivity index (χ1n) is 2.06. The van der Waals surface area contributed by atoms with Crippen molar-refractivity contribution < 1.29 is 4.79 Å². The van der Waals surface area contributed by atoms with Crippen LogP contribution in [0.4, 0.5) is 0 Å². The molecular weight excluding hydrogens is 132 g/mol. The fourth-order valence-electron chi connectivity index (χ4n) is 0.163. The molecule has 0 heterocycles. The number of carbonyl (C=O) groups excluding carboxylic acids is 1. The van der Waals surface area contributed by atoms with Crippen molar-refractivity contribution in [3.8, 4) is 0 Å². The van der Waals surface area contributed by atoms with Crippen LogP contribution in [0.25, 0.3) is 0 Å². The Labute approximate surface area is 51.9 Å². The number of hydrogen-bond acceptors (Lipinski definition) is 2. The molecule has 0 aromatic rings. The summed E-state index contributed by atoms with van der Waals surface area (Å²) >= 11 is 0. The largest absolute Gasteiger partial charge is 0.299 e. The van der Waals surface area contributed by atoms with Gasteiger partial charge in [-0.05, 0) is 21.7 Å². The van der Waals surface area contributed by atoms with Crippen molar-refractivity contribution in [2.24, 2.45) is 0 Å². The summed E-state index contributed by atoms with van der Waals surface area (Å²) in [4.78, 5) is 10.3. The van der Waals surface area contributed by atoms with E-state index in [9.17, 15) is 4.79 Å². The van der Waals surface area contributed by atoms with Gasteiger partial charge in [0.25, 0.3) is 0 Å². The number of hydrogen-bond donors (Lipinski definition) is 0. The summed E-state index contributed by atoms with van der Waals surface area (Å²) in [5.74, 6) is 0.651. The number of carbonyl (C=O) groups is 1. The lowest BCUT2D eigenvalue weighted by atomic mass is 10.4. The highest BCUT2D eigenvalue weighted by Crippen LogP contribution is 2.05. The van der Waals surface area contributed by atoms with Crippen LogP contribution >= 0.6 is 21.7 Å². The second-order valence-electron chi connectivity index (χ2n) is 1.15. The molecule has 0 aromatic heterocycles. The Balaban J connectivity index is 3.00. The van der Waals surface area contributed by atoms with E-state index in [2.05, 4.69) is 0 Å². The summed E-state index contributed by atoms with van der Waals surface area (Å²) in [6.45, 7) is 1.83. The fourth-order valence-corrected chi connectivity index (χ4v) is 0.854. The van der Waals surface area contributed by atoms with Crippen LogP contribution in [0.1, 0.15) is 13.3 Å². The molecule has 0 spiro atoms. The first-order chi connectivity index (χ1) is 3.31. The van der Waals surface area contributed by atoms with Crippen molar-refractivity contribution in [3.05, 3.63) is 0 Å². The van der Waals surface area contributed by atoms with Crippen molar-refractivity contribution in [3.63, 3.8) is 0 Å². The lowest BCUT2D eigenvalue weighted by Gasteiger charge is -1.85. The smallest absolute Gasteiger partial charge is 0.143 e. The van der Waals surface area contributed by atoms with Crippen molar-refractivity contribution in [2.45, 2.75) is 13.3 Å². The highest BCUT2D eigenvalue weighted by Gasteiger charge is 1.93. The van der Waals surface area contributed by atoms with Gasteiger partial charge in [0.2, 0.25) is 0 Å². The number of Topliss-reactive ketones (excluding diaryl/α,β-unsaturated/α-hetero) is 1. The van der Waals surface area contributed by atoms with E-state index in [1.807, 2.05) is 6.92 Å². The van der Waals surface area contributed by atoms with Crippen LogP contribution in [0.3, 0.4) is 0 Å². The fraction of sp³-hybridized carbons (Fsp3) is 0.750. The van der Waals surface area contributed by atoms with E-state index in [0.717, 1.165) is 11.0 Å². The minimum absolute atomic E-state index is 0.208. The average Bonchev–Trinajstić information content (AvgIpc) is 1.68. The van der Waals surface area contributed by atoms with Crippen LogP contribution in [0.15, 0.2) is 0 Å². The van der Waals surface area contributed by atoms with Gasteiger partial charge in [-0.15, -0.1) is 0 Å². The molecule has 0 amide bonds. The van der Waals surface area contributed by atoms with Crippen LogP contribution < -0.4 is 0 Å². The molecule has 0 unspecified atom stereocenters. The molecule has 1 nitrogen and oxygen atoms in total. The van der Waals surface area contributed by atoms with E-state index in [1.165, 1.54) is 0 Å². The van der Waals surface area contributed by atoms with Crippen molar-refractivity contribution in [1.29, 1.82) is 0 Å². The van der Waals surface area contributed by atoms with Gasteiger partial charge in [-0.2, -0.15) is 0 Å². The quantitative estimate of drug-likeness (QED) is 0.592. The van der Waals surface area contributed by atoms with E-state index >= 15 is 0 Å². The van der Waals surface area contributed by atoms with Crippen molar-refractivity contribution in [2.75, 3.05) is 5.75 Å². The monoisotopic (exact) mass is 138 g/mol. The van der Waals surface area contributed by atoms with Gasteiger partial charge in [0, 0.05) is 6.42 Å². The second kappa shape index (κ2) is 4.47. The Morgan fingerprint density at radius 3 is 2.57 bits per heavy atom. The summed E-state index contributed by atoms with van der Waals surface area (Å²) in [6, 6.07) is 0. The van der Waals surface area contributed by atoms with Gasteiger partial charge < -0.3 is 0 Å². The van der Waals surface area contributed by atoms with Gasteiger partial charge >= 0.3 is 0 Å². The van der Waals surface area contributed by atoms with Gasteiger partial charge in [0.15, 0.2) is 0 Å². The molecule has 3 heteroatoms. The van der Waals surface area contributed by atoms with E-state index in [4.69, 9.17) is 10.7 Å². The predicted octanol–water partition coefficient (Wildman–Crippen LogP) is 1.85. The zero-order valence-corrected chi connectivity index (χ0v) is 5.68. The van der Waals surface area contributed by atoms with Crippen LogP contribution in [0.5, 0.6) is 0 Å². The minimum Gasteiger partial charge on any atom is -0.299 e. The Kier molecular flexibility index (Phi) is 4.67. The molecule has 0 saturated carbocycles. The third-order valence-corrected chi connectivity index (χ3v) is 1.37. The molecule has 0 rings (SSSR count). The van der Waals surface area contributed by atoms with Crippen LogP contribution in [0, 0.1) is 0 Å². The van der Waals surface area contributed by atoms with Crippen LogP contribution in [0.2, 0.25) is 0 Å². The molecule has 0 fully saturated rings. The highest BCUT2D eigenvalue weighted by molar-refractivity contribution is 8.21. The zero-order valence-electron chi connectivity index (χ0n) is 4.11. The predicted molar refractivity (Wildman–Crippen MR) is 33.6 cm³/mol. The maximum atomic E-state index is 10.3. The van der Waals surface area contributed by atoms with Gasteiger partial charge in [-0.25, -0.2) is 0 Å². The first-order valence-corrected chi connectivity index (χ1v) is 3.87. The van der Waals surface area contributed by atoms with Crippen molar-refractivity contribution >= 4 is 27.4 Å². The SMILES string of the molecule is CCC(=O)CSCl. The molecule has 0 aromatic carbocycles. The Bertz CT molecular complexity index is 64.7. The molecule has 42 valence electrons. The standard InChI is InChI=1S/C4H7ClOS/c1-2-4(6)3-7-5/h2-3H2,1H3. The van der Waals surface area contributed by atoms with E-state index in [1.54, 1.807) is 0 Å². The summed E-state index contributed by atoms with van der Waals surface area (Å²) < 4.78 is 0. The minimum atomic E-state index is 0.208. The normalized spacial score (nSPS) is 8.86. The molecule has 0 aliphatic carbocycles. The molecule has 0 bridgehead atoms. The third-order valence-electron chi connectivity index (χ3n) is 0.610. The number of ketones is 1. The van der Waals surface area contributed by atoms with Gasteiger partial charge in [-0.3, -0.25) is 4.79 Å². The first kappa shape index (κ1) is 7.31. The Morgan fingerprint density at radius 1 is 1.86 bits per heavy atom. The molecule has 7 heavy (non-hydrogen) atoms. The Morgan fingerprint density at radius 2 is 2.43 bits per heavy atom. The van der Waals surface area contributed by atoms with Gasteiger partial charge in [0.1, 0.15) is 5.78 Å². The lowest BCUT2D eigenvalue weighted by molar-refractivity contribution is -0.116. The van der Waals surface area contributed by atoms with Crippen LogP contribution in [-0.4, -0.2) is 11.5 Å². The van der Waals surface area contributed by atoms with Gasteiger partial charge in [0.05, 0.1) is 5.75 Å². The molecule has 0 aliphatic heterocycles. The van der Waals surface area contributed by atoms with Crippen molar-refractivity contribution in [1.82, 2.24) is 0 Å². The van der Waals surface area contributed by atoms with Gasteiger partial charge in [-0.1, -0.05) is 6.92 Å². The number of halogens is 1. The molecule has 0 radical (unpaired) electrons. The number of rotatable bonds is 3. The maximum Gasteiger partial charge on any atom is 0.143 e. The highest BCUT2D eigenvalue weighted by atomic mass is 35.7. The Hall–Kier alpha value is 0.310. The topological polar surface area (TPSA) is 17.1 Å². The summed E-state index contributed by atoms with van der Waals surface area (Å²) in [6.07, 6.45) is 0.597. The van der Waals surface area contributed by atoms with E-state index in [0.29, 0.717) is 12.2 Å². The lowest BCUT2D eigenvalue weighted by Crippen LogP contribution is -1.95. The summed E-state index contributed by atoms with van der Waals surface area (Å²) in [5, 5.41) is 0. The second-order valence-corrected chi connectivity index (χ2v) is 2.31. The van der Waals surface area contributed by atoms with E-state index in [-0.39, 0.29) is 5.78 Å². The molecule has 0 saturated heterocycles. The van der Waals surface area contributed by atoms with Crippen LogP contribution in [-0.2, 0) is 4.79 Å². The third kappa shape index (κ3) is 4.16. The average molecular weight is 139 g/mol. The molecule has 0 N–H and O–H groups in total. The molecular formula is C4H7ClOS.